The number of rotatable bonds is 5. The van der Waals surface area contributed by atoms with Crippen LogP contribution in [0.15, 0.2) is 61.1 Å². The van der Waals surface area contributed by atoms with Crippen LogP contribution in [0.3, 0.4) is 0 Å². The number of amides is 1. The van der Waals surface area contributed by atoms with Crippen molar-refractivity contribution in [2.75, 3.05) is 36.0 Å². The van der Waals surface area contributed by atoms with E-state index in [0.717, 1.165) is 37.6 Å². The van der Waals surface area contributed by atoms with Gasteiger partial charge in [-0.3, -0.25) is 9.78 Å². The van der Waals surface area contributed by atoms with Gasteiger partial charge in [0.1, 0.15) is 5.82 Å². The summed E-state index contributed by atoms with van der Waals surface area (Å²) < 4.78 is 13.1. The monoisotopic (exact) mass is 392 g/mol. The van der Waals surface area contributed by atoms with Gasteiger partial charge in [0.25, 0.3) is 5.91 Å². The molecule has 0 aliphatic carbocycles. The zero-order chi connectivity index (χ0) is 20.1. The molecule has 0 spiro atoms. The molecule has 1 aliphatic heterocycles. The molecule has 0 radical (unpaired) electrons. The lowest BCUT2D eigenvalue weighted by Gasteiger charge is -2.36. The van der Waals surface area contributed by atoms with E-state index in [9.17, 15) is 9.18 Å². The van der Waals surface area contributed by atoms with Crippen molar-refractivity contribution in [1.29, 1.82) is 0 Å². The van der Waals surface area contributed by atoms with Gasteiger partial charge in [-0.15, -0.1) is 0 Å². The third-order valence-corrected chi connectivity index (χ3v) is 4.81. The van der Waals surface area contributed by atoms with Gasteiger partial charge in [0.15, 0.2) is 0 Å². The third kappa shape index (κ3) is 4.66. The number of benzene rings is 1. The fraction of sp³-hybridized carbons (Fsp3) is 0.238. The normalized spacial score (nSPS) is 14.0. The fourth-order valence-corrected chi connectivity index (χ4v) is 3.19. The summed E-state index contributed by atoms with van der Waals surface area (Å²) in [6.45, 7) is 3.45. The molecule has 1 amide bonds. The Morgan fingerprint density at radius 3 is 2.28 bits per heavy atom. The number of halogens is 1. The van der Waals surface area contributed by atoms with Gasteiger partial charge in [-0.25, -0.2) is 14.4 Å². The molecule has 29 heavy (non-hydrogen) atoms. The van der Waals surface area contributed by atoms with Gasteiger partial charge in [0.05, 0.1) is 17.8 Å². The zero-order valence-electron chi connectivity index (χ0n) is 15.8. The molecule has 1 N–H and O–H groups in total. The second-order valence-electron chi connectivity index (χ2n) is 6.73. The van der Waals surface area contributed by atoms with Gasteiger partial charge in [-0.1, -0.05) is 6.07 Å². The maximum Gasteiger partial charge on any atom is 0.254 e. The van der Waals surface area contributed by atoms with Crippen LogP contribution in [0.25, 0.3) is 0 Å². The Morgan fingerprint density at radius 1 is 0.931 bits per heavy atom. The van der Waals surface area contributed by atoms with Gasteiger partial charge < -0.3 is 15.1 Å². The largest absolute Gasteiger partial charge is 0.368 e. The summed E-state index contributed by atoms with van der Waals surface area (Å²) in [7, 11) is 0. The summed E-state index contributed by atoms with van der Waals surface area (Å²) in [6, 6.07) is 12.1. The lowest BCUT2D eigenvalue weighted by molar-refractivity contribution is 0.0949. The molecular weight excluding hydrogens is 371 g/mol. The minimum atomic E-state index is -0.233. The first kappa shape index (κ1) is 18.8. The Kier molecular flexibility index (Phi) is 5.60. The van der Waals surface area contributed by atoms with Gasteiger partial charge in [-0.05, 0) is 36.4 Å². The first-order valence-electron chi connectivity index (χ1n) is 9.45. The molecule has 4 rings (SSSR count). The van der Waals surface area contributed by atoms with E-state index < -0.39 is 0 Å². The van der Waals surface area contributed by atoms with E-state index >= 15 is 0 Å². The number of hydrogen-bond donors (Lipinski definition) is 1. The number of carbonyl (C=O) groups excluding carboxylic acids is 1. The van der Waals surface area contributed by atoms with E-state index in [2.05, 4.69) is 30.1 Å². The first-order chi connectivity index (χ1) is 14.2. The van der Waals surface area contributed by atoms with E-state index in [4.69, 9.17) is 0 Å². The third-order valence-electron chi connectivity index (χ3n) is 4.81. The smallest absolute Gasteiger partial charge is 0.254 e. The molecule has 0 bridgehead atoms. The van der Waals surface area contributed by atoms with Crippen LogP contribution in [0.4, 0.5) is 16.0 Å². The van der Waals surface area contributed by atoms with E-state index in [1.165, 1.54) is 12.1 Å². The number of hydrogen-bond acceptors (Lipinski definition) is 6. The van der Waals surface area contributed by atoms with Crippen molar-refractivity contribution in [2.24, 2.45) is 0 Å². The number of aromatic nitrogens is 3. The molecule has 3 aromatic rings. The number of carbonyl (C=O) groups is 1. The SMILES string of the molecule is O=C(NCc1ccccn1)c1cnc(N2CCN(c3ccc(F)cc3)CC2)nc1. The molecule has 0 saturated carbocycles. The van der Waals surface area contributed by atoms with Crippen molar-refractivity contribution >= 4 is 17.5 Å². The second-order valence-corrected chi connectivity index (χ2v) is 6.73. The average Bonchev–Trinajstić information content (AvgIpc) is 2.79. The Balaban J connectivity index is 1.31. The summed E-state index contributed by atoms with van der Waals surface area (Å²) in [5, 5.41) is 2.81. The standard InChI is InChI=1S/C21H21FN6O/c22-17-4-6-19(7-5-17)27-9-11-28(12-10-27)21-25-13-16(14-26-21)20(29)24-15-18-3-1-2-8-23-18/h1-8,13-14H,9-12,15H2,(H,24,29). The van der Waals surface area contributed by atoms with Crippen molar-refractivity contribution in [1.82, 2.24) is 20.3 Å². The van der Waals surface area contributed by atoms with Crippen LogP contribution in [-0.2, 0) is 6.54 Å². The van der Waals surface area contributed by atoms with Crippen LogP contribution >= 0.6 is 0 Å². The van der Waals surface area contributed by atoms with Crippen LogP contribution in [0.1, 0.15) is 16.1 Å². The Hall–Kier alpha value is -3.55. The average molecular weight is 392 g/mol. The number of piperazine rings is 1. The molecular formula is C21H21FN6O. The van der Waals surface area contributed by atoms with Crippen LogP contribution < -0.4 is 15.1 Å². The maximum absolute atomic E-state index is 13.1. The summed E-state index contributed by atoms with van der Waals surface area (Å²) in [4.78, 5) is 29.4. The summed E-state index contributed by atoms with van der Waals surface area (Å²) >= 11 is 0. The predicted molar refractivity (Wildman–Crippen MR) is 108 cm³/mol. The predicted octanol–water partition coefficient (Wildman–Crippen LogP) is 2.27. The highest BCUT2D eigenvalue weighted by atomic mass is 19.1. The molecule has 0 unspecified atom stereocenters. The summed E-state index contributed by atoms with van der Waals surface area (Å²) in [6.07, 6.45) is 4.78. The van der Waals surface area contributed by atoms with Crippen molar-refractivity contribution in [3.8, 4) is 0 Å². The lowest BCUT2D eigenvalue weighted by Crippen LogP contribution is -2.47. The maximum atomic E-state index is 13.1. The molecule has 1 aromatic carbocycles. The molecule has 1 fully saturated rings. The van der Waals surface area contributed by atoms with E-state index in [1.54, 1.807) is 30.7 Å². The van der Waals surface area contributed by atoms with E-state index in [1.807, 2.05) is 18.2 Å². The Labute approximate surface area is 168 Å². The van der Waals surface area contributed by atoms with Gasteiger partial charge in [0.2, 0.25) is 5.95 Å². The van der Waals surface area contributed by atoms with Gasteiger partial charge >= 0.3 is 0 Å². The highest BCUT2D eigenvalue weighted by Crippen LogP contribution is 2.18. The second kappa shape index (κ2) is 8.64. The number of nitrogens with zero attached hydrogens (tertiary/aromatic N) is 5. The highest BCUT2D eigenvalue weighted by Gasteiger charge is 2.19. The molecule has 1 aliphatic rings. The van der Waals surface area contributed by atoms with Crippen molar-refractivity contribution in [2.45, 2.75) is 6.54 Å². The quantitative estimate of drug-likeness (QED) is 0.718. The first-order valence-corrected chi connectivity index (χ1v) is 9.45. The van der Waals surface area contributed by atoms with Crippen molar-refractivity contribution in [3.63, 3.8) is 0 Å². The minimum absolute atomic E-state index is 0.232. The molecule has 3 heterocycles. The van der Waals surface area contributed by atoms with Crippen LogP contribution in [0.2, 0.25) is 0 Å². The summed E-state index contributed by atoms with van der Waals surface area (Å²) in [5.74, 6) is 0.137. The van der Waals surface area contributed by atoms with Crippen molar-refractivity contribution in [3.05, 3.63) is 78.1 Å². The van der Waals surface area contributed by atoms with Gasteiger partial charge in [0, 0.05) is 50.5 Å². The number of nitrogens with one attached hydrogen (secondary N) is 1. The number of anilines is 2. The zero-order valence-corrected chi connectivity index (χ0v) is 15.8. The molecule has 1 saturated heterocycles. The van der Waals surface area contributed by atoms with E-state index in [-0.39, 0.29) is 11.7 Å². The van der Waals surface area contributed by atoms with E-state index in [0.29, 0.717) is 18.1 Å². The minimum Gasteiger partial charge on any atom is -0.368 e. The topological polar surface area (TPSA) is 74.2 Å². The molecule has 0 atom stereocenters. The summed E-state index contributed by atoms with van der Waals surface area (Å²) in [5.41, 5.74) is 2.21. The molecule has 8 heteroatoms. The van der Waals surface area contributed by atoms with Crippen LogP contribution in [0.5, 0.6) is 0 Å². The van der Waals surface area contributed by atoms with Crippen LogP contribution in [-0.4, -0.2) is 47.0 Å². The number of pyridine rings is 1. The van der Waals surface area contributed by atoms with Crippen LogP contribution in [0, 0.1) is 5.82 Å². The molecule has 2 aromatic heterocycles. The Bertz CT molecular complexity index is 941. The molecule has 148 valence electrons. The fourth-order valence-electron chi connectivity index (χ4n) is 3.19. The highest BCUT2D eigenvalue weighted by molar-refractivity contribution is 5.93. The molecule has 7 nitrogen and oxygen atoms in total. The van der Waals surface area contributed by atoms with Gasteiger partial charge in [-0.2, -0.15) is 0 Å². The Morgan fingerprint density at radius 2 is 1.62 bits per heavy atom. The van der Waals surface area contributed by atoms with Crippen molar-refractivity contribution < 1.29 is 9.18 Å². The lowest BCUT2D eigenvalue weighted by atomic mass is 10.2.